The lowest BCUT2D eigenvalue weighted by Gasteiger charge is -2.09. The van der Waals surface area contributed by atoms with Gasteiger partial charge in [-0.2, -0.15) is 0 Å². The van der Waals surface area contributed by atoms with E-state index in [9.17, 15) is 4.79 Å². The number of hydrogen-bond acceptors (Lipinski definition) is 5. The van der Waals surface area contributed by atoms with E-state index < -0.39 is 0 Å². The number of thioether (sulfide) groups is 1. The van der Waals surface area contributed by atoms with Gasteiger partial charge < -0.3 is 10.1 Å². The predicted octanol–water partition coefficient (Wildman–Crippen LogP) is 6.07. The third-order valence-corrected chi connectivity index (χ3v) is 5.95. The Morgan fingerprint density at radius 2 is 1.64 bits per heavy atom. The summed E-state index contributed by atoms with van der Waals surface area (Å²) in [4.78, 5) is 12.7. The number of amides is 1. The minimum atomic E-state index is -0.172. The van der Waals surface area contributed by atoms with Gasteiger partial charge in [0.15, 0.2) is 10.8 Å². The van der Waals surface area contributed by atoms with Crippen molar-refractivity contribution in [2.24, 2.45) is 0 Å². The number of nitrogens with zero attached hydrogens (tertiary/aromatic N) is 3. The third kappa shape index (κ3) is 5.05. The maximum Gasteiger partial charge on any atom is 0.255 e. The number of fused-ring (bicyclic) bond motifs is 1. The number of benzene rings is 3. The number of ether oxygens (including phenoxy) is 1. The number of hydrogen-bond donors (Lipinski definition) is 1. The van der Waals surface area contributed by atoms with Crippen LogP contribution in [0, 0.1) is 0 Å². The van der Waals surface area contributed by atoms with E-state index >= 15 is 0 Å². The van der Waals surface area contributed by atoms with Crippen LogP contribution in [0.1, 0.15) is 15.9 Å². The highest BCUT2D eigenvalue weighted by Crippen LogP contribution is 2.25. The Morgan fingerprint density at radius 3 is 2.48 bits per heavy atom. The summed E-state index contributed by atoms with van der Waals surface area (Å²) in [5.74, 6) is 1.96. The average molecular weight is 453 g/mol. The van der Waals surface area contributed by atoms with Gasteiger partial charge in [-0.1, -0.05) is 54.2 Å². The maximum atomic E-state index is 12.7. The highest BCUT2D eigenvalue weighted by atomic mass is 32.2. The molecule has 0 aliphatic heterocycles. The summed E-state index contributed by atoms with van der Waals surface area (Å²) in [5, 5.41) is 12.2. The number of carbonyl (C=O) groups excluding carboxylic acids is 1. The summed E-state index contributed by atoms with van der Waals surface area (Å²) in [6.07, 6.45) is 1.95. The molecule has 162 valence electrons. The summed E-state index contributed by atoms with van der Waals surface area (Å²) in [6, 6.07) is 30.3. The number of anilines is 1. The lowest BCUT2D eigenvalue weighted by Crippen LogP contribution is -2.11. The van der Waals surface area contributed by atoms with Crippen LogP contribution in [0.4, 0.5) is 5.69 Å². The first kappa shape index (κ1) is 20.8. The second-order valence-electron chi connectivity index (χ2n) is 7.29. The molecule has 5 rings (SSSR count). The molecule has 1 amide bonds. The van der Waals surface area contributed by atoms with E-state index in [4.69, 9.17) is 4.74 Å². The van der Waals surface area contributed by atoms with Crippen LogP contribution in [0.5, 0.6) is 11.5 Å². The molecule has 2 heterocycles. The van der Waals surface area contributed by atoms with Crippen molar-refractivity contribution in [3.63, 3.8) is 0 Å². The number of pyridine rings is 1. The third-order valence-electron chi connectivity index (χ3n) is 4.94. The van der Waals surface area contributed by atoms with Gasteiger partial charge in [0, 0.05) is 29.3 Å². The van der Waals surface area contributed by atoms with Crippen molar-refractivity contribution in [1.82, 2.24) is 14.6 Å². The van der Waals surface area contributed by atoms with Crippen LogP contribution in [0.3, 0.4) is 0 Å². The van der Waals surface area contributed by atoms with Crippen LogP contribution in [-0.4, -0.2) is 20.5 Å². The van der Waals surface area contributed by atoms with Crippen LogP contribution in [0.25, 0.3) is 5.65 Å². The lowest BCUT2D eigenvalue weighted by atomic mass is 10.1. The topological polar surface area (TPSA) is 68.5 Å². The van der Waals surface area contributed by atoms with Gasteiger partial charge in [0.2, 0.25) is 0 Å². The normalized spacial score (nSPS) is 10.8. The Balaban J connectivity index is 1.20. The zero-order chi connectivity index (χ0) is 22.5. The van der Waals surface area contributed by atoms with E-state index in [0.29, 0.717) is 17.0 Å². The van der Waals surface area contributed by atoms with E-state index in [2.05, 4.69) is 15.5 Å². The predicted molar refractivity (Wildman–Crippen MR) is 130 cm³/mol. The van der Waals surface area contributed by atoms with Crippen LogP contribution in [0.15, 0.2) is 108 Å². The SMILES string of the molecule is O=C(Nc1cccc(Oc2ccccc2)c1)c1ccc(CSc2nnc3ccccn23)cc1. The first-order chi connectivity index (χ1) is 16.2. The standard InChI is InChI=1S/C26H20N4O2S/c31-25(27-21-7-6-10-23(17-21)32-22-8-2-1-3-9-22)20-14-12-19(13-15-20)18-33-26-29-28-24-11-4-5-16-30(24)26/h1-17H,18H2,(H,27,31). The monoisotopic (exact) mass is 452 g/mol. The van der Waals surface area contributed by atoms with Crippen molar-refractivity contribution in [3.8, 4) is 11.5 Å². The van der Waals surface area contributed by atoms with Crippen molar-refractivity contribution < 1.29 is 9.53 Å². The molecule has 0 fully saturated rings. The molecule has 0 unspecified atom stereocenters. The summed E-state index contributed by atoms with van der Waals surface area (Å²) in [6.45, 7) is 0. The summed E-state index contributed by atoms with van der Waals surface area (Å²) < 4.78 is 7.80. The van der Waals surface area contributed by atoms with E-state index in [0.717, 1.165) is 27.9 Å². The quantitative estimate of drug-likeness (QED) is 0.304. The average Bonchev–Trinajstić information content (AvgIpc) is 3.27. The molecule has 33 heavy (non-hydrogen) atoms. The fourth-order valence-electron chi connectivity index (χ4n) is 3.28. The first-order valence-corrected chi connectivity index (χ1v) is 11.4. The Bertz CT molecular complexity index is 1380. The maximum absolute atomic E-state index is 12.7. The molecule has 0 saturated heterocycles. The second kappa shape index (κ2) is 9.58. The second-order valence-corrected chi connectivity index (χ2v) is 8.24. The van der Waals surface area contributed by atoms with E-state index in [1.54, 1.807) is 17.8 Å². The molecule has 3 aromatic carbocycles. The van der Waals surface area contributed by atoms with Gasteiger partial charge >= 0.3 is 0 Å². The number of carbonyl (C=O) groups is 1. The van der Waals surface area contributed by atoms with Crippen LogP contribution in [-0.2, 0) is 5.75 Å². The van der Waals surface area contributed by atoms with Gasteiger partial charge in [-0.15, -0.1) is 10.2 Å². The number of nitrogens with one attached hydrogen (secondary N) is 1. The molecular formula is C26H20N4O2S. The molecule has 1 N–H and O–H groups in total. The highest BCUT2D eigenvalue weighted by molar-refractivity contribution is 7.98. The van der Waals surface area contributed by atoms with Gasteiger partial charge in [-0.05, 0) is 54.1 Å². The van der Waals surface area contributed by atoms with E-state index in [1.807, 2.05) is 102 Å². The summed E-state index contributed by atoms with van der Waals surface area (Å²) in [7, 11) is 0. The number of rotatable bonds is 7. The fraction of sp³-hybridized carbons (Fsp3) is 0.0385. The van der Waals surface area contributed by atoms with Gasteiger partial charge in [-0.3, -0.25) is 9.20 Å². The molecule has 5 aromatic rings. The van der Waals surface area contributed by atoms with Gasteiger partial charge in [0.05, 0.1) is 0 Å². The molecule has 0 saturated carbocycles. The van der Waals surface area contributed by atoms with E-state index in [1.165, 1.54) is 0 Å². The molecule has 0 radical (unpaired) electrons. The van der Waals surface area contributed by atoms with Crippen LogP contribution >= 0.6 is 11.8 Å². The minimum absolute atomic E-state index is 0.172. The Morgan fingerprint density at radius 1 is 0.848 bits per heavy atom. The molecule has 0 atom stereocenters. The zero-order valence-corrected chi connectivity index (χ0v) is 18.4. The zero-order valence-electron chi connectivity index (χ0n) is 17.6. The van der Waals surface area contributed by atoms with Crippen molar-refractivity contribution in [2.75, 3.05) is 5.32 Å². The van der Waals surface area contributed by atoms with Crippen molar-refractivity contribution in [2.45, 2.75) is 10.9 Å². The van der Waals surface area contributed by atoms with Gasteiger partial charge in [-0.25, -0.2) is 0 Å². The number of aromatic nitrogens is 3. The molecule has 2 aromatic heterocycles. The number of para-hydroxylation sites is 1. The molecular weight excluding hydrogens is 432 g/mol. The summed E-state index contributed by atoms with van der Waals surface area (Å²) >= 11 is 1.60. The summed E-state index contributed by atoms with van der Waals surface area (Å²) in [5.41, 5.74) is 3.19. The molecule has 0 bridgehead atoms. The van der Waals surface area contributed by atoms with Gasteiger partial charge in [0.25, 0.3) is 5.91 Å². The molecule has 0 spiro atoms. The Hall–Kier alpha value is -4.10. The lowest BCUT2D eigenvalue weighted by molar-refractivity contribution is 0.102. The fourth-order valence-corrected chi connectivity index (χ4v) is 4.16. The molecule has 0 aliphatic rings. The largest absolute Gasteiger partial charge is 0.457 e. The van der Waals surface area contributed by atoms with Crippen molar-refractivity contribution >= 4 is 29.0 Å². The highest BCUT2D eigenvalue weighted by Gasteiger charge is 2.09. The Labute approximate surface area is 195 Å². The van der Waals surface area contributed by atoms with Crippen molar-refractivity contribution in [3.05, 3.63) is 114 Å². The van der Waals surface area contributed by atoms with Crippen LogP contribution in [0.2, 0.25) is 0 Å². The first-order valence-electron chi connectivity index (χ1n) is 10.4. The molecule has 0 aliphatic carbocycles. The van der Waals surface area contributed by atoms with Gasteiger partial charge in [0.1, 0.15) is 11.5 Å². The van der Waals surface area contributed by atoms with Crippen molar-refractivity contribution in [1.29, 1.82) is 0 Å². The minimum Gasteiger partial charge on any atom is -0.457 e. The smallest absolute Gasteiger partial charge is 0.255 e. The van der Waals surface area contributed by atoms with Crippen LogP contribution < -0.4 is 10.1 Å². The van der Waals surface area contributed by atoms with E-state index in [-0.39, 0.29) is 5.91 Å². The molecule has 6 nitrogen and oxygen atoms in total. The molecule has 7 heteroatoms. The Kier molecular flexibility index (Phi) is 6.04.